The van der Waals surface area contributed by atoms with Crippen LogP contribution in [0.1, 0.15) is 16.7 Å². The van der Waals surface area contributed by atoms with Crippen LogP contribution in [0.4, 0.5) is 5.69 Å². The first kappa shape index (κ1) is 18.9. The molecule has 3 rings (SSSR count). The number of methoxy groups -OCH3 is 1. The Morgan fingerprint density at radius 1 is 1.00 bits per heavy atom. The third kappa shape index (κ3) is 3.51. The van der Waals surface area contributed by atoms with Crippen LogP contribution in [0.25, 0.3) is 5.57 Å². The van der Waals surface area contributed by atoms with Crippen molar-refractivity contribution in [3.8, 4) is 0 Å². The molecule has 5 nitrogen and oxygen atoms in total. The Labute approximate surface area is 159 Å². The summed E-state index contributed by atoms with van der Waals surface area (Å²) in [5.41, 5.74) is 4.57. The molecule has 2 amide bonds. The van der Waals surface area contributed by atoms with E-state index in [1.807, 2.05) is 69.4 Å². The van der Waals surface area contributed by atoms with E-state index in [4.69, 9.17) is 4.74 Å². The number of rotatable bonds is 6. The van der Waals surface area contributed by atoms with Crippen LogP contribution in [-0.2, 0) is 14.3 Å². The minimum Gasteiger partial charge on any atom is -0.383 e. The summed E-state index contributed by atoms with van der Waals surface area (Å²) in [7, 11) is 3.37. The molecule has 140 valence electrons. The highest BCUT2D eigenvalue weighted by Crippen LogP contribution is 2.34. The lowest BCUT2D eigenvalue weighted by atomic mass is 9.97. The molecule has 5 heteroatoms. The van der Waals surface area contributed by atoms with E-state index in [2.05, 4.69) is 0 Å². The molecule has 1 heterocycles. The van der Waals surface area contributed by atoms with Crippen molar-refractivity contribution >= 4 is 23.1 Å². The number of amides is 2. The van der Waals surface area contributed by atoms with Crippen LogP contribution in [0, 0.1) is 13.8 Å². The molecule has 1 aliphatic heterocycles. The van der Waals surface area contributed by atoms with Crippen molar-refractivity contribution in [1.29, 1.82) is 0 Å². The van der Waals surface area contributed by atoms with Gasteiger partial charge in [0, 0.05) is 19.8 Å². The van der Waals surface area contributed by atoms with Crippen molar-refractivity contribution in [2.24, 2.45) is 0 Å². The van der Waals surface area contributed by atoms with Crippen LogP contribution in [0.5, 0.6) is 0 Å². The first-order valence-electron chi connectivity index (χ1n) is 8.91. The van der Waals surface area contributed by atoms with E-state index in [1.165, 1.54) is 4.90 Å². The number of aryl methyl sites for hydroxylation is 2. The molecule has 0 atom stereocenters. The number of hydrogen-bond donors (Lipinski definition) is 0. The number of imide groups is 1. The topological polar surface area (TPSA) is 49.9 Å². The van der Waals surface area contributed by atoms with E-state index in [-0.39, 0.29) is 18.4 Å². The summed E-state index contributed by atoms with van der Waals surface area (Å²) < 4.78 is 5.08. The fraction of sp³-hybridized carbons (Fsp3) is 0.273. The molecular weight excluding hydrogens is 340 g/mol. The third-order valence-electron chi connectivity index (χ3n) is 4.79. The van der Waals surface area contributed by atoms with Gasteiger partial charge in [0.1, 0.15) is 5.70 Å². The molecule has 27 heavy (non-hydrogen) atoms. The largest absolute Gasteiger partial charge is 0.383 e. The van der Waals surface area contributed by atoms with Crippen LogP contribution < -0.4 is 4.90 Å². The van der Waals surface area contributed by atoms with Crippen LogP contribution in [0.15, 0.2) is 54.2 Å². The lowest BCUT2D eigenvalue weighted by molar-refractivity contribution is -0.137. The van der Waals surface area contributed by atoms with E-state index in [9.17, 15) is 9.59 Å². The van der Waals surface area contributed by atoms with E-state index < -0.39 is 0 Å². The molecule has 2 aromatic carbocycles. The van der Waals surface area contributed by atoms with Crippen molar-refractivity contribution in [3.63, 3.8) is 0 Å². The smallest absolute Gasteiger partial charge is 0.278 e. The highest BCUT2D eigenvalue weighted by Gasteiger charge is 2.41. The molecule has 1 aliphatic rings. The monoisotopic (exact) mass is 364 g/mol. The second kappa shape index (κ2) is 7.76. The molecule has 0 saturated heterocycles. The zero-order valence-corrected chi connectivity index (χ0v) is 16.2. The van der Waals surface area contributed by atoms with Crippen molar-refractivity contribution in [2.75, 3.05) is 32.2 Å². The van der Waals surface area contributed by atoms with Crippen molar-refractivity contribution in [2.45, 2.75) is 13.8 Å². The van der Waals surface area contributed by atoms with Gasteiger partial charge in [-0.1, -0.05) is 42.0 Å². The maximum atomic E-state index is 13.2. The molecule has 0 fully saturated rings. The van der Waals surface area contributed by atoms with Crippen LogP contribution >= 0.6 is 0 Å². The van der Waals surface area contributed by atoms with E-state index in [1.54, 1.807) is 12.0 Å². The standard InChI is InChI=1S/C22H24N2O3/c1-15-10-11-18(16(2)14-15)19-20(23(3)17-8-6-5-7-9-17)22(26)24(21(19)25)12-13-27-4/h5-11,14H,12-13H2,1-4H3. The van der Waals surface area contributed by atoms with Gasteiger partial charge in [-0.3, -0.25) is 14.5 Å². The summed E-state index contributed by atoms with van der Waals surface area (Å²) in [6.45, 7) is 4.51. The van der Waals surface area contributed by atoms with Gasteiger partial charge in [0.25, 0.3) is 11.8 Å². The second-order valence-electron chi connectivity index (χ2n) is 6.69. The number of carbonyl (C=O) groups is 2. The SMILES string of the molecule is COCCN1C(=O)C(c2ccc(C)cc2C)=C(N(C)c2ccccc2)C1=O. The minimum absolute atomic E-state index is 0.231. The highest BCUT2D eigenvalue weighted by molar-refractivity contribution is 6.36. The first-order valence-corrected chi connectivity index (χ1v) is 8.91. The number of hydrogen-bond acceptors (Lipinski definition) is 4. The maximum absolute atomic E-state index is 13.2. The van der Waals surface area contributed by atoms with E-state index >= 15 is 0 Å². The number of carbonyl (C=O) groups excluding carboxylic acids is 2. The maximum Gasteiger partial charge on any atom is 0.278 e. The van der Waals surface area contributed by atoms with Gasteiger partial charge in [0.05, 0.1) is 18.7 Å². The average molecular weight is 364 g/mol. The number of para-hydroxylation sites is 1. The predicted octanol–water partition coefficient (Wildman–Crippen LogP) is 3.17. The number of ether oxygens (including phenoxy) is 1. The average Bonchev–Trinajstić information content (AvgIpc) is 2.90. The van der Waals surface area contributed by atoms with Gasteiger partial charge in [0.2, 0.25) is 0 Å². The lowest BCUT2D eigenvalue weighted by Gasteiger charge is -2.21. The summed E-state index contributed by atoms with van der Waals surface area (Å²) in [4.78, 5) is 29.4. The molecular formula is C22H24N2O3. The molecule has 0 aliphatic carbocycles. The van der Waals surface area contributed by atoms with Gasteiger partial charge in [-0.2, -0.15) is 0 Å². The summed E-state index contributed by atoms with van der Waals surface area (Å²) in [6, 6.07) is 15.5. The molecule has 0 N–H and O–H groups in total. The molecule has 0 radical (unpaired) electrons. The van der Waals surface area contributed by atoms with Crippen molar-refractivity contribution < 1.29 is 14.3 Å². The number of likely N-dealkylation sites (N-methyl/N-ethyl adjacent to an activating group) is 1. The molecule has 2 aromatic rings. The predicted molar refractivity (Wildman–Crippen MR) is 106 cm³/mol. The Morgan fingerprint density at radius 3 is 2.33 bits per heavy atom. The third-order valence-corrected chi connectivity index (χ3v) is 4.79. The van der Waals surface area contributed by atoms with Gasteiger partial charge in [-0.05, 0) is 37.1 Å². The van der Waals surface area contributed by atoms with Crippen LogP contribution in [0.2, 0.25) is 0 Å². The Morgan fingerprint density at radius 2 is 1.70 bits per heavy atom. The summed E-state index contributed by atoms with van der Waals surface area (Å²) in [6.07, 6.45) is 0. The summed E-state index contributed by atoms with van der Waals surface area (Å²) in [5, 5.41) is 0. The van der Waals surface area contributed by atoms with Gasteiger partial charge >= 0.3 is 0 Å². The van der Waals surface area contributed by atoms with Crippen LogP contribution in [-0.4, -0.2) is 44.0 Å². The second-order valence-corrected chi connectivity index (χ2v) is 6.69. The Hall–Kier alpha value is -2.92. The van der Waals surface area contributed by atoms with E-state index in [0.29, 0.717) is 17.9 Å². The van der Waals surface area contributed by atoms with Crippen LogP contribution in [0.3, 0.4) is 0 Å². The molecule has 0 aromatic heterocycles. The zero-order chi connectivity index (χ0) is 19.6. The summed E-state index contributed by atoms with van der Waals surface area (Å²) >= 11 is 0. The molecule has 0 saturated carbocycles. The Bertz CT molecular complexity index is 903. The minimum atomic E-state index is -0.293. The highest BCUT2D eigenvalue weighted by atomic mass is 16.5. The van der Waals surface area contributed by atoms with Crippen molar-refractivity contribution in [1.82, 2.24) is 4.90 Å². The molecule has 0 spiro atoms. The number of nitrogens with zero attached hydrogens (tertiary/aromatic N) is 2. The fourth-order valence-corrected chi connectivity index (χ4v) is 3.38. The Kier molecular flexibility index (Phi) is 5.42. The van der Waals surface area contributed by atoms with E-state index in [0.717, 1.165) is 22.4 Å². The number of benzene rings is 2. The van der Waals surface area contributed by atoms with Gasteiger partial charge in [0.15, 0.2) is 0 Å². The molecule has 0 unspecified atom stereocenters. The van der Waals surface area contributed by atoms with Gasteiger partial charge in [-0.25, -0.2) is 0 Å². The van der Waals surface area contributed by atoms with Gasteiger partial charge in [-0.15, -0.1) is 0 Å². The summed E-state index contributed by atoms with van der Waals surface area (Å²) in [5.74, 6) is -0.569. The normalized spacial score (nSPS) is 14.3. The zero-order valence-electron chi connectivity index (χ0n) is 16.2. The molecule has 0 bridgehead atoms. The van der Waals surface area contributed by atoms with Gasteiger partial charge < -0.3 is 9.64 Å². The fourth-order valence-electron chi connectivity index (χ4n) is 3.38. The number of anilines is 1. The van der Waals surface area contributed by atoms with Crippen molar-refractivity contribution in [3.05, 3.63) is 70.9 Å². The Balaban J connectivity index is 2.15. The quantitative estimate of drug-likeness (QED) is 0.739. The lowest BCUT2D eigenvalue weighted by Crippen LogP contribution is -2.36. The first-order chi connectivity index (χ1) is 13.0.